The second-order valence-electron chi connectivity index (χ2n) is 6.58. The number of hydrogen-bond acceptors (Lipinski definition) is 1. The monoisotopic (exact) mass is 320 g/mol. The standard InChI is InChI=1S/C21H21FN2/c22-19-8-9-21-20(12-19)18(13-23-21)11-17-7-4-10-24(15-17)14-16-5-2-1-3-6-16/h1-9,12-13,17,23H,10-11,14-15H2. The van der Waals surface area contributed by atoms with E-state index in [1.165, 1.54) is 17.2 Å². The van der Waals surface area contributed by atoms with Crippen LogP contribution in [0.25, 0.3) is 10.9 Å². The van der Waals surface area contributed by atoms with Gasteiger partial charge in [0.15, 0.2) is 0 Å². The van der Waals surface area contributed by atoms with Gasteiger partial charge in [0.25, 0.3) is 0 Å². The molecule has 0 spiro atoms. The minimum atomic E-state index is -0.173. The van der Waals surface area contributed by atoms with Gasteiger partial charge in [-0.05, 0) is 41.7 Å². The molecule has 0 saturated carbocycles. The minimum absolute atomic E-state index is 0.173. The zero-order valence-electron chi connectivity index (χ0n) is 13.6. The number of aromatic amines is 1. The van der Waals surface area contributed by atoms with Crippen molar-refractivity contribution in [2.75, 3.05) is 13.1 Å². The molecule has 1 N–H and O–H groups in total. The fourth-order valence-electron chi connectivity index (χ4n) is 3.57. The quantitative estimate of drug-likeness (QED) is 0.699. The molecular weight excluding hydrogens is 299 g/mol. The Hall–Kier alpha value is -2.39. The van der Waals surface area contributed by atoms with Gasteiger partial charge >= 0.3 is 0 Å². The molecule has 0 bridgehead atoms. The Balaban J connectivity index is 1.47. The van der Waals surface area contributed by atoms with Crippen LogP contribution < -0.4 is 0 Å². The van der Waals surface area contributed by atoms with E-state index in [-0.39, 0.29) is 5.82 Å². The van der Waals surface area contributed by atoms with E-state index in [4.69, 9.17) is 0 Å². The SMILES string of the molecule is Fc1ccc2[nH]cc(CC3C=CCN(Cc4ccccc4)C3)c2c1. The van der Waals surface area contributed by atoms with Gasteiger partial charge in [-0.1, -0.05) is 42.5 Å². The zero-order chi connectivity index (χ0) is 16.4. The number of fused-ring (bicyclic) bond motifs is 1. The van der Waals surface area contributed by atoms with Crippen molar-refractivity contribution >= 4 is 10.9 Å². The van der Waals surface area contributed by atoms with E-state index in [1.54, 1.807) is 6.07 Å². The molecule has 0 aliphatic carbocycles. The van der Waals surface area contributed by atoms with Gasteiger partial charge in [-0.15, -0.1) is 0 Å². The molecular formula is C21H21FN2. The lowest BCUT2D eigenvalue weighted by molar-refractivity contribution is 0.251. The highest BCUT2D eigenvalue weighted by molar-refractivity contribution is 5.83. The van der Waals surface area contributed by atoms with E-state index >= 15 is 0 Å². The third-order valence-corrected chi connectivity index (χ3v) is 4.73. The van der Waals surface area contributed by atoms with E-state index in [1.807, 2.05) is 12.3 Å². The van der Waals surface area contributed by atoms with Crippen molar-refractivity contribution in [2.24, 2.45) is 5.92 Å². The topological polar surface area (TPSA) is 19.0 Å². The van der Waals surface area contributed by atoms with Crippen LogP contribution in [-0.2, 0) is 13.0 Å². The summed E-state index contributed by atoms with van der Waals surface area (Å²) >= 11 is 0. The summed E-state index contributed by atoms with van der Waals surface area (Å²) in [5.41, 5.74) is 3.55. The molecule has 4 rings (SSSR count). The van der Waals surface area contributed by atoms with Crippen LogP contribution in [0.4, 0.5) is 4.39 Å². The van der Waals surface area contributed by atoms with Crippen LogP contribution in [0.5, 0.6) is 0 Å². The Bertz CT molecular complexity index is 851. The number of hydrogen-bond donors (Lipinski definition) is 1. The van der Waals surface area contributed by atoms with E-state index in [2.05, 4.69) is 52.4 Å². The molecule has 3 aromatic rings. The highest BCUT2D eigenvalue weighted by Gasteiger charge is 2.17. The Kier molecular flexibility index (Phi) is 4.18. The first kappa shape index (κ1) is 15.2. The number of benzene rings is 2. The van der Waals surface area contributed by atoms with Gasteiger partial charge in [0, 0.05) is 36.7 Å². The molecule has 0 saturated heterocycles. The summed E-state index contributed by atoms with van der Waals surface area (Å²) < 4.78 is 13.5. The van der Waals surface area contributed by atoms with E-state index in [9.17, 15) is 4.39 Å². The van der Waals surface area contributed by atoms with Crippen LogP contribution in [0.3, 0.4) is 0 Å². The van der Waals surface area contributed by atoms with Crippen molar-refractivity contribution in [2.45, 2.75) is 13.0 Å². The molecule has 0 radical (unpaired) electrons. The van der Waals surface area contributed by atoms with E-state index < -0.39 is 0 Å². The Morgan fingerprint density at radius 3 is 2.88 bits per heavy atom. The lowest BCUT2D eigenvalue weighted by Crippen LogP contribution is -2.32. The van der Waals surface area contributed by atoms with E-state index in [0.29, 0.717) is 5.92 Å². The van der Waals surface area contributed by atoms with E-state index in [0.717, 1.165) is 37.0 Å². The molecule has 0 amide bonds. The van der Waals surface area contributed by atoms with Crippen LogP contribution in [0.15, 0.2) is 66.9 Å². The van der Waals surface area contributed by atoms with Crippen LogP contribution in [0.1, 0.15) is 11.1 Å². The molecule has 3 heteroatoms. The maximum absolute atomic E-state index is 13.5. The number of halogens is 1. The summed E-state index contributed by atoms with van der Waals surface area (Å²) in [5.74, 6) is 0.290. The highest BCUT2D eigenvalue weighted by atomic mass is 19.1. The lowest BCUT2D eigenvalue weighted by Gasteiger charge is -2.28. The molecule has 0 fully saturated rings. The molecule has 1 atom stereocenters. The number of H-pyrrole nitrogens is 1. The summed E-state index contributed by atoms with van der Waals surface area (Å²) in [6.07, 6.45) is 7.52. The fourth-order valence-corrected chi connectivity index (χ4v) is 3.57. The Morgan fingerprint density at radius 1 is 1.12 bits per heavy atom. The second-order valence-corrected chi connectivity index (χ2v) is 6.58. The molecule has 122 valence electrons. The number of nitrogens with one attached hydrogen (secondary N) is 1. The second kappa shape index (κ2) is 6.62. The summed E-state index contributed by atoms with van der Waals surface area (Å²) in [4.78, 5) is 5.72. The van der Waals surface area contributed by atoms with Gasteiger partial charge in [-0.25, -0.2) is 4.39 Å². The fraction of sp³-hybridized carbons (Fsp3) is 0.238. The summed E-state index contributed by atoms with van der Waals surface area (Å²) in [7, 11) is 0. The molecule has 1 unspecified atom stereocenters. The normalized spacial score (nSPS) is 18.3. The third-order valence-electron chi connectivity index (χ3n) is 4.73. The van der Waals surface area contributed by atoms with Crippen molar-refractivity contribution < 1.29 is 4.39 Å². The average Bonchev–Trinajstić information content (AvgIpc) is 2.98. The van der Waals surface area contributed by atoms with Gasteiger partial charge in [0.05, 0.1) is 0 Å². The largest absolute Gasteiger partial charge is 0.361 e. The number of aromatic nitrogens is 1. The maximum Gasteiger partial charge on any atom is 0.123 e. The molecule has 24 heavy (non-hydrogen) atoms. The van der Waals surface area contributed by atoms with Crippen molar-refractivity contribution in [1.82, 2.24) is 9.88 Å². The Labute approximate surface area is 141 Å². The van der Waals surface area contributed by atoms with Crippen molar-refractivity contribution in [3.05, 3.63) is 83.8 Å². The van der Waals surface area contributed by atoms with Crippen LogP contribution >= 0.6 is 0 Å². The van der Waals surface area contributed by atoms with Gasteiger partial charge < -0.3 is 4.98 Å². The minimum Gasteiger partial charge on any atom is -0.361 e. The first-order chi connectivity index (χ1) is 11.8. The zero-order valence-corrected chi connectivity index (χ0v) is 13.6. The predicted octanol–water partition coefficient (Wildman–Crippen LogP) is 4.54. The van der Waals surface area contributed by atoms with Crippen LogP contribution in [0, 0.1) is 11.7 Å². The maximum atomic E-state index is 13.5. The number of nitrogens with zero attached hydrogens (tertiary/aromatic N) is 1. The summed E-state index contributed by atoms with van der Waals surface area (Å²) in [6.45, 7) is 3.01. The number of rotatable bonds is 4. The highest BCUT2D eigenvalue weighted by Crippen LogP contribution is 2.24. The molecule has 2 aromatic carbocycles. The first-order valence-electron chi connectivity index (χ1n) is 8.46. The molecule has 1 aliphatic heterocycles. The van der Waals surface area contributed by atoms with Gasteiger partial charge in [-0.2, -0.15) is 0 Å². The molecule has 2 heterocycles. The molecule has 2 nitrogen and oxygen atoms in total. The van der Waals surface area contributed by atoms with Crippen molar-refractivity contribution in [3.63, 3.8) is 0 Å². The third kappa shape index (κ3) is 3.26. The molecule has 1 aliphatic rings. The predicted molar refractivity (Wildman–Crippen MR) is 96.3 cm³/mol. The van der Waals surface area contributed by atoms with Crippen molar-refractivity contribution in [3.8, 4) is 0 Å². The summed E-state index contributed by atoms with van der Waals surface area (Å²) in [6, 6.07) is 15.5. The lowest BCUT2D eigenvalue weighted by atomic mass is 9.95. The van der Waals surface area contributed by atoms with Gasteiger partial charge in [0.2, 0.25) is 0 Å². The Morgan fingerprint density at radius 2 is 2.00 bits per heavy atom. The average molecular weight is 320 g/mol. The van der Waals surface area contributed by atoms with Crippen molar-refractivity contribution in [1.29, 1.82) is 0 Å². The first-order valence-corrected chi connectivity index (χ1v) is 8.46. The molecule has 1 aromatic heterocycles. The van der Waals surface area contributed by atoms with Gasteiger partial charge in [-0.3, -0.25) is 4.90 Å². The van der Waals surface area contributed by atoms with Crippen LogP contribution in [0.2, 0.25) is 0 Å². The summed E-state index contributed by atoms with van der Waals surface area (Å²) in [5, 5.41) is 1.00. The van der Waals surface area contributed by atoms with Crippen LogP contribution in [-0.4, -0.2) is 23.0 Å². The van der Waals surface area contributed by atoms with Gasteiger partial charge in [0.1, 0.15) is 5.82 Å². The smallest absolute Gasteiger partial charge is 0.123 e.